The van der Waals surface area contributed by atoms with Crippen molar-refractivity contribution in [3.05, 3.63) is 28.3 Å². The largest absolute Gasteiger partial charge is 0.490 e. The van der Waals surface area contributed by atoms with Crippen LogP contribution in [0, 0.1) is 5.92 Å². The molecule has 1 aliphatic heterocycles. The molecular weight excluding hydrogens is 258 g/mol. The molecule has 1 aliphatic rings. The van der Waals surface area contributed by atoms with Crippen molar-refractivity contribution >= 4 is 11.6 Å². The topological polar surface area (TPSA) is 12.5 Å². The van der Waals surface area contributed by atoms with Gasteiger partial charge in [0.2, 0.25) is 0 Å². The molecule has 0 atom stereocenters. The maximum atomic E-state index is 8.59. The van der Waals surface area contributed by atoms with Gasteiger partial charge in [0.15, 0.2) is 0 Å². The molecule has 0 aromatic heterocycles. The Kier molecular flexibility index (Phi) is 3.90. The van der Waals surface area contributed by atoms with Crippen molar-refractivity contribution in [1.82, 2.24) is 4.90 Å². The number of hydrogen-bond acceptors (Lipinski definition) is 2. The van der Waals surface area contributed by atoms with Gasteiger partial charge in [-0.3, -0.25) is 4.90 Å². The van der Waals surface area contributed by atoms with Gasteiger partial charge in [-0.15, -0.1) is 0 Å². The molecule has 0 unspecified atom stereocenters. The summed E-state index contributed by atoms with van der Waals surface area (Å²) in [6, 6.07) is 3.80. The van der Waals surface area contributed by atoms with E-state index in [1.807, 2.05) is 17.0 Å². The number of ether oxygens (including phenoxy) is 1. The third-order valence-corrected chi connectivity index (χ3v) is 3.49. The maximum absolute atomic E-state index is 8.59. The van der Waals surface area contributed by atoms with Crippen LogP contribution in [-0.2, 0) is 6.50 Å². The minimum Gasteiger partial charge on any atom is -0.490 e. The Hall–Kier alpha value is -0.730. The molecule has 0 N–H and O–H groups in total. The van der Waals surface area contributed by atoms with E-state index >= 15 is 0 Å². The second-order valence-corrected chi connectivity index (χ2v) is 6.24. The van der Waals surface area contributed by atoms with E-state index in [2.05, 4.69) is 27.7 Å². The summed E-state index contributed by atoms with van der Waals surface area (Å²) < 4.78 is 22.9. The molecule has 0 saturated heterocycles. The Morgan fingerprint density at radius 3 is 2.74 bits per heavy atom. The molecule has 2 rings (SSSR count). The van der Waals surface area contributed by atoms with E-state index in [0.29, 0.717) is 47.9 Å². The summed E-state index contributed by atoms with van der Waals surface area (Å²) in [6.45, 7) is 8.51. The summed E-state index contributed by atoms with van der Waals surface area (Å²) in [5.41, 5.74) is 1.59. The van der Waals surface area contributed by atoms with Crippen molar-refractivity contribution in [1.29, 1.82) is 0 Å². The summed E-state index contributed by atoms with van der Waals surface area (Å²) in [4.78, 5) is 1.85. The van der Waals surface area contributed by atoms with Crippen LogP contribution >= 0.6 is 11.6 Å². The van der Waals surface area contributed by atoms with Crippen LogP contribution in [0.25, 0.3) is 0 Å². The number of nitrogens with zero attached hydrogens (tertiary/aromatic N) is 1. The first-order chi connectivity index (χ1) is 9.73. The number of benzene rings is 1. The minimum atomic E-state index is -1.56. The lowest BCUT2D eigenvalue weighted by atomic mass is 10.00. The van der Waals surface area contributed by atoms with E-state index < -0.39 is 6.50 Å². The van der Waals surface area contributed by atoms with E-state index in [1.165, 1.54) is 0 Å². The zero-order valence-corrected chi connectivity index (χ0v) is 12.9. The molecule has 0 amide bonds. The van der Waals surface area contributed by atoms with E-state index in [4.69, 9.17) is 19.1 Å². The van der Waals surface area contributed by atoms with E-state index in [0.717, 1.165) is 5.56 Å². The highest BCUT2D eigenvalue weighted by atomic mass is 35.5. The van der Waals surface area contributed by atoms with Crippen LogP contribution in [0.2, 0.25) is 5.02 Å². The zero-order valence-electron chi connectivity index (χ0n) is 14.2. The van der Waals surface area contributed by atoms with Crippen LogP contribution in [0.5, 0.6) is 5.75 Å². The van der Waals surface area contributed by atoms with Crippen LogP contribution in [-0.4, -0.2) is 24.6 Å². The van der Waals surface area contributed by atoms with Gasteiger partial charge in [-0.25, -0.2) is 0 Å². The Labute approximate surface area is 124 Å². The van der Waals surface area contributed by atoms with Gasteiger partial charge in [0.1, 0.15) is 12.4 Å². The lowest BCUT2D eigenvalue weighted by molar-refractivity contribution is 0.207. The van der Waals surface area contributed by atoms with Gasteiger partial charge < -0.3 is 4.74 Å². The molecule has 0 radical (unpaired) electrons. The average molecular weight is 284 g/mol. The first kappa shape index (κ1) is 12.0. The third kappa shape index (κ3) is 3.64. The molecule has 1 aromatic carbocycles. The Morgan fingerprint density at radius 2 is 2.11 bits per heavy atom. The monoisotopic (exact) mass is 283 g/mol. The molecule has 0 spiro atoms. The predicted octanol–water partition coefficient (Wildman–Crippen LogP) is 4.31. The summed E-state index contributed by atoms with van der Waals surface area (Å²) in [5.74, 6) is 1.19. The maximum Gasteiger partial charge on any atom is 0.142 e. The summed E-state index contributed by atoms with van der Waals surface area (Å²) in [5, 5.41) is 0.506. The van der Waals surface area contributed by atoms with Crippen LogP contribution in [0.3, 0.4) is 0 Å². The molecular formula is C16H24ClNO. The molecule has 2 nitrogen and oxygen atoms in total. The van der Waals surface area contributed by atoms with Crippen LogP contribution in [0.15, 0.2) is 12.1 Å². The highest BCUT2D eigenvalue weighted by Crippen LogP contribution is 2.35. The number of halogens is 1. The minimum absolute atomic E-state index is 0.297. The SMILES string of the molecule is [2H]C1([2H])c2cc(C(C)C)cc(Cl)c2OCCN1CC(C)C. The van der Waals surface area contributed by atoms with Gasteiger partial charge in [0, 0.05) is 27.9 Å². The summed E-state index contributed by atoms with van der Waals surface area (Å²) in [7, 11) is 0. The molecule has 1 aromatic rings. The first-order valence-electron chi connectivity index (χ1n) is 7.95. The Morgan fingerprint density at radius 1 is 1.37 bits per heavy atom. The van der Waals surface area contributed by atoms with Gasteiger partial charge in [0.25, 0.3) is 0 Å². The molecule has 0 fully saturated rings. The fraction of sp³-hybridized carbons (Fsp3) is 0.625. The van der Waals surface area contributed by atoms with Crippen LogP contribution < -0.4 is 4.74 Å². The van der Waals surface area contributed by atoms with Gasteiger partial charge in [-0.2, -0.15) is 0 Å². The fourth-order valence-electron chi connectivity index (χ4n) is 2.24. The van der Waals surface area contributed by atoms with Crippen molar-refractivity contribution in [2.45, 2.75) is 40.1 Å². The van der Waals surface area contributed by atoms with Crippen molar-refractivity contribution in [2.75, 3.05) is 19.7 Å². The average Bonchev–Trinajstić information content (AvgIpc) is 2.48. The Bertz CT molecular complexity index is 517. The Balaban J connectivity index is 2.52. The second kappa shape index (κ2) is 6.15. The van der Waals surface area contributed by atoms with Gasteiger partial charge >= 0.3 is 0 Å². The van der Waals surface area contributed by atoms with Crippen molar-refractivity contribution in [3.63, 3.8) is 0 Å². The van der Waals surface area contributed by atoms with Crippen molar-refractivity contribution < 1.29 is 7.48 Å². The molecule has 19 heavy (non-hydrogen) atoms. The third-order valence-electron chi connectivity index (χ3n) is 3.20. The second-order valence-electron chi connectivity index (χ2n) is 5.83. The first-order valence-corrected chi connectivity index (χ1v) is 7.33. The molecule has 1 heterocycles. The molecule has 0 bridgehead atoms. The van der Waals surface area contributed by atoms with Crippen LogP contribution in [0.1, 0.15) is 47.5 Å². The smallest absolute Gasteiger partial charge is 0.142 e. The number of fused-ring (bicyclic) bond motifs is 1. The van der Waals surface area contributed by atoms with E-state index in [9.17, 15) is 0 Å². The molecule has 3 heteroatoms. The highest BCUT2D eigenvalue weighted by molar-refractivity contribution is 6.32. The van der Waals surface area contributed by atoms with Crippen molar-refractivity contribution in [3.8, 4) is 5.75 Å². The van der Waals surface area contributed by atoms with E-state index in [1.54, 1.807) is 0 Å². The highest BCUT2D eigenvalue weighted by Gasteiger charge is 2.19. The van der Waals surface area contributed by atoms with E-state index in [-0.39, 0.29) is 0 Å². The molecule has 0 aliphatic carbocycles. The number of rotatable bonds is 3. The standard InChI is InChI=1S/C16H24ClNO/c1-11(2)9-18-5-6-19-16-14(10-18)7-13(12(3)4)8-15(16)17/h7-8,11-12H,5-6,9-10H2,1-4H3/i10D2. The van der Waals surface area contributed by atoms with Crippen LogP contribution in [0.4, 0.5) is 0 Å². The molecule has 106 valence electrons. The van der Waals surface area contributed by atoms with Gasteiger partial charge in [0.05, 0.1) is 5.02 Å². The lowest BCUT2D eigenvalue weighted by Gasteiger charge is -2.21. The summed E-state index contributed by atoms with van der Waals surface area (Å²) in [6.07, 6.45) is 0. The lowest BCUT2D eigenvalue weighted by Crippen LogP contribution is -2.29. The fourth-order valence-corrected chi connectivity index (χ4v) is 2.52. The van der Waals surface area contributed by atoms with Crippen molar-refractivity contribution in [2.24, 2.45) is 5.92 Å². The summed E-state index contributed by atoms with van der Waals surface area (Å²) >= 11 is 6.33. The normalized spacial score (nSPS) is 20.6. The zero-order chi connectivity index (χ0) is 15.8. The number of hydrogen-bond donors (Lipinski definition) is 0. The van der Waals surface area contributed by atoms with Gasteiger partial charge in [-0.05, 0) is 23.5 Å². The predicted molar refractivity (Wildman–Crippen MR) is 81.2 cm³/mol. The molecule has 0 saturated carbocycles. The quantitative estimate of drug-likeness (QED) is 0.819. The van der Waals surface area contributed by atoms with Gasteiger partial charge in [-0.1, -0.05) is 45.4 Å².